The summed E-state index contributed by atoms with van der Waals surface area (Å²) in [4.78, 5) is 16.1. The average Bonchev–Trinajstić information content (AvgIpc) is 2.77. The predicted molar refractivity (Wildman–Crippen MR) is 120 cm³/mol. The van der Waals surface area contributed by atoms with Crippen LogP contribution in [0.1, 0.15) is 24.5 Å². The number of carbonyl (C=O) groups excluding carboxylic acids is 1. The Kier molecular flexibility index (Phi) is 7.94. The highest BCUT2D eigenvalue weighted by molar-refractivity contribution is 5.94. The molecule has 7 nitrogen and oxygen atoms in total. The van der Waals surface area contributed by atoms with Gasteiger partial charge in [0.15, 0.2) is 5.96 Å². The number of anilines is 1. The van der Waals surface area contributed by atoms with Gasteiger partial charge in [0, 0.05) is 25.2 Å². The first-order valence-corrected chi connectivity index (χ1v) is 10.4. The second kappa shape index (κ2) is 11.1. The molecule has 2 aromatic carbocycles. The lowest BCUT2D eigenvalue weighted by Gasteiger charge is -2.18. The number of para-hydroxylation sites is 1. The van der Waals surface area contributed by atoms with E-state index in [0.717, 1.165) is 53.7 Å². The molecular weight excluding hydrogens is 380 g/mol. The van der Waals surface area contributed by atoms with Crippen LogP contribution in [0.5, 0.6) is 11.5 Å². The molecule has 7 heteroatoms. The smallest absolute Gasteiger partial charge is 0.224 e. The van der Waals surface area contributed by atoms with Crippen LogP contribution in [0.3, 0.4) is 0 Å². The van der Waals surface area contributed by atoms with Crippen molar-refractivity contribution in [2.75, 3.05) is 38.7 Å². The second-order valence-electron chi connectivity index (χ2n) is 6.96. The molecule has 1 amide bonds. The summed E-state index contributed by atoms with van der Waals surface area (Å²) in [5.41, 5.74) is 3.14. The summed E-state index contributed by atoms with van der Waals surface area (Å²) in [6.07, 6.45) is 2.08. The van der Waals surface area contributed by atoms with Gasteiger partial charge >= 0.3 is 0 Å². The zero-order chi connectivity index (χ0) is 21.2. The molecule has 0 unspecified atom stereocenters. The minimum absolute atomic E-state index is 0.0707. The number of ether oxygens (including phenoxy) is 2. The van der Waals surface area contributed by atoms with Gasteiger partial charge in [0.2, 0.25) is 5.91 Å². The van der Waals surface area contributed by atoms with Crippen LogP contribution in [0.4, 0.5) is 5.69 Å². The van der Waals surface area contributed by atoms with Crippen LogP contribution < -0.4 is 25.4 Å². The lowest BCUT2D eigenvalue weighted by Crippen LogP contribution is -2.39. The van der Waals surface area contributed by atoms with Crippen molar-refractivity contribution < 1.29 is 14.3 Å². The number of benzene rings is 2. The van der Waals surface area contributed by atoms with E-state index in [1.54, 1.807) is 7.11 Å². The maximum absolute atomic E-state index is 11.5. The van der Waals surface area contributed by atoms with Gasteiger partial charge in [0.25, 0.3) is 0 Å². The maximum atomic E-state index is 11.5. The first kappa shape index (κ1) is 21.5. The first-order valence-electron chi connectivity index (χ1n) is 10.4. The Hall–Kier alpha value is -3.22. The van der Waals surface area contributed by atoms with Gasteiger partial charge in [-0.2, -0.15) is 0 Å². The van der Waals surface area contributed by atoms with Crippen molar-refractivity contribution in [2.45, 2.75) is 26.2 Å². The number of carbonyl (C=O) groups is 1. The SMILES string of the molecule is CCNC(=NCCc1ccccc1OC)NCCOc1ccc2c(c1)CCC(=O)N2. The van der Waals surface area contributed by atoms with E-state index in [-0.39, 0.29) is 5.91 Å². The number of nitrogens with one attached hydrogen (secondary N) is 3. The molecule has 1 heterocycles. The summed E-state index contributed by atoms with van der Waals surface area (Å²) in [7, 11) is 1.69. The molecule has 0 aliphatic carbocycles. The van der Waals surface area contributed by atoms with E-state index in [1.807, 2.05) is 43.3 Å². The topological polar surface area (TPSA) is 84.0 Å². The van der Waals surface area contributed by atoms with E-state index in [0.29, 0.717) is 26.1 Å². The van der Waals surface area contributed by atoms with Gasteiger partial charge in [0.05, 0.1) is 13.7 Å². The second-order valence-corrected chi connectivity index (χ2v) is 6.96. The lowest BCUT2D eigenvalue weighted by atomic mass is 10.0. The molecule has 0 bridgehead atoms. The quantitative estimate of drug-likeness (QED) is 0.336. The lowest BCUT2D eigenvalue weighted by molar-refractivity contribution is -0.116. The van der Waals surface area contributed by atoms with Crippen molar-refractivity contribution in [2.24, 2.45) is 4.99 Å². The van der Waals surface area contributed by atoms with Crippen LogP contribution in [0, 0.1) is 0 Å². The largest absolute Gasteiger partial charge is 0.496 e. The van der Waals surface area contributed by atoms with E-state index in [2.05, 4.69) is 27.0 Å². The van der Waals surface area contributed by atoms with Crippen molar-refractivity contribution in [1.82, 2.24) is 10.6 Å². The molecule has 0 atom stereocenters. The Morgan fingerprint density at radius 3 is 2.87 bits per heavy atom. The number of aliphatic imine (C=N–C) groups is 1. The van der Waals surface area contributed by atoms with Crippen LogP contribution in [-0.2, 0) is 17.6 Å². The number of rotatable bonds is 9. The zero-order valence-electron chi connectivity index (χ0n) is 17.7. The molecule has 1 aliphatic heterocycles. The number of nitrogens with zero attached hydrogens (tertiary/aromatic N) is 1. The summed E-state index contributed by atoms with van der Waals surface area (Å²) >= 11 is 0. The minimum atomic E-state index is 0.0707. The molecule has 3 N–H and O–H groups in total. The zero-order valence-corrected chi connectivity index (χ0v) is 17.7. The standard InChI is InChI=1S/C23H30N4O3/c1-3-24-23(25-13-12-17-6-4-5-7-21(17)29-2)26-14-15-30-19-9-10-20-18(16-19)8-11-22(28)27-20/h4-7,9-10,16H,3,8,11-15H2,1-2H3,(H,27,28)(H2,24,25,26). The Morgan fingerprint density at radius 2 is 2.03 bits per heavy atom. The van der Waals surface area contributed by atoms with E-state index in [1.165, 1.54) is 0 Å². The van der Waals surface area contributed by atoms with Crippen molar-refractivity contribution in [3.05, 3.63) is 53.6 Å². The van der Waals surface area contributed by atoms with Crippen molar-refractivity contribution >= 4 is 17.6 Å². The number of aryl methyl sites for hydroxylation is 1. The Bertz CT molecular complexity index is 883. The molecule has 160 valence electrons. The average molecular weight is 411 g/mol. The highest BCUT2D eigenvalue weighted by Gasteiger charge is 2.14. The summed E-state index contributed by atoms with van der Waals surface area (Å²) < 4.78 is 11.3. The number of methoxy groups -OCH3 is 1. The molecule has 3 rings (SSSR count). The molecule has 0 saturated heterocycles. The molecule has 0 spiro atoms. The normalized spacial score (nSPS) is 13.3. The van der Waals surface area contributed by atoms with Crippen molar-refractivity contribution in [1.29, 1.82) is 0 Å². The summed E-state index contributed by atoms with van der Waals surface area (Å²) in [6.45, 7) is 4.64. The summed E-state index contributed by atoms with van der Waals surface area (Å²) in [5, 5.41) is 9.44. The molecular formula is C23H30N4O3. The first-order chi connectivity index (χ1) is 14.7. The highest BCUT2D eigenvalue weighted by atomic mass is 16.5. The Labute approximate surface area is 177 Å². The number of fused-ring (bicyclic) bond motifs is 1. The maximum Gasteiger partial charge on any atom is 0.224 e. The van der Waals surface area contributed by atoms with Gasteiger partial charge in [-0.25, -0.2) is 0 Å². The van der Waals surface area contributed by atoms with Crippen molar-refractivity contribution in [3.8, 4) is 11.5 Å². The molecule has 0 aromatic heterocycles. The van der Waals surface area contributed by atoms with Crippen LogP contribution in [0.2, 0.25) is 0 Å². The molecule has 0 radical (unpaired) electrons. The fourth-order valence-corrected chi connectivity index (χ4v) is 3.33. The van der Waals surface area contributed by atoms with E-state index < -0.39 is 0 Å². The Morgan fingerprint density at radius 1 is 1.17 bits per heavy atom. The van der Waals surface area contributed by atoms with Gasteiger partial charge < -0.3 is 25.4 Å². The molecule has 0 fully saturated rings. The van der Waals surface area contributed by atoms with Gasteiger partial charge in [-0.3, -0.25) is 9.79 Å². The molecule has 30 heavy (non-hydrogen) atoms. The third kappa shape index (κ3) is 6.14. The minimum Gasteiger partial charge on any atom is -0.496 e. The van der Waals surface area contributed by atoms with E-state index in [4.69, 9.17) is 9.47 Å². The number of guanidine groups is 1. The monoisotopic (exact) mass is 410 g/mol. The third-order valence-electron chi connectivity index (χ3n) is 4.82. The number of hydrogen-bond acceptors (Lipinski definition) is 4. The molecule has 1 aliphatic rings. The fourth-order valence-electron chi connectivity index (χ4n) is 3.33. The summed E-state index contributed by atoms with van der Waals surface area (Å²) in [6, 6.07) is 13.8. The summed E-state index contributed by atoms with van der Waals surface area (Å²) in [5.74, 6) is 2.54. The molecule has 2 aromatic rings. The molecule has 0 saturated carbocycles. The van der Waals surface area contributed by atoms with Gasteiger partial charge in [-0.05, 0) is 55.2 Å². The Balaban J connectivity index is 1.45. The highest BCUT2D eigenvalue weighted by Crippen LogP contribution is 2.26. The number of amides is 1. The van der Waals surface area contributed by atoms with Gasteiger partial charge in [-0.1, -0.05) is 18.2 Å². The van der Waals surface area contributed by atoms with Gasteiger partial charge in [-0.15, -0.1) is 0 Å². The van der Waals surface area contributed by atoms with Crippen LogP contribution >= 0.6 is 0 Å². The van der Waals surface area contributed by atoms with Crippen LogP contribution in [0.15, 0.2) is 47.5 Å². The number of hydrogen-bond donors (Lipinski definition) is 3. The van der Waals surface area contributed by atoms with E-state index >= 15 is 0 Å². The van der Waals surface area contributed by atoms with E-state index in [9.17, 15) is 4.79 Å². The van der Waals surface area contributed by atoms with Crippen molar-refractivity contribution in [3.63, 3.8) is 0 Å². The predicted octanol–water partition coefficient (Wildman–Crippen LogP) is 2.76. The van der Waals surface area contributed by atoms with Crippen LogP contribution in [-0.4, -0.2) is 45.2 Å². The van der Waals surface area contributed by atoms with Gasteiger partial charge in [0.1, 0.15) is 18.1 Å². The fraction of sp³-hybridized carbons (Fsp3) is 0.391. The third-order valence-corrected chi connectivity index (χ3v) is 4.82. The van der Waals surface area contributed by atoms with Crippen LogP contribution in [0.25, 0.3) is 0 Å².